The highest BCUT2D eigenvalue weighted by atomic mass is 16.5. The number of rotatable bonds is 6. The van der Waals surface area contributed by atoms with Gasteiger partial charge in [-0.25, -0.2) is 0 Å². The maximum atomic E-state index is 11.1. The molecule has 0 aliphatic rings. The first-order chi connectivity index (χ1) is 11.7. The molecule has 0 spiro atoms. The molecule has 0 radical (unpaired) electrons. The van der Waals surface area contributed by atoms with Crippen LogP contribution >= 0.6 is 0 Å². The number of amides is 1. The van der Waals surface area contributed by atoms with E-state index >= 15 is 0 Å². The molecular weight excluding hydrogens is 306 g/mol. The molecule has 1 heterocycles. The van der Waals surface area contributed by atoms with E-state index in [2.05, 4.69) is 15.4 Å². The third-order valence-electron chi connectivity index (χ3n) is 3.46. The zero-order valence-electron chi connectivity index (χ0n) is 13.2. The van der Waals surface area contributed by atoms with Gasteiger partial charge in [0.25, 0.3) is 0 Å². The minimum Gasteiger partial charge on any atom is -0.494 e. The molecule has 0 fully saturated rings. The second-order valence-corrected chi connectivity index (χ2v) is 5.13. The molecule has 3 rings (SSSR count). The average Bonchev–Trinajstić information content (AvgIpc) is 3.05. The quantitative estimate of drug-likeness (QED) is 0.747. The van der Waals surface area contributed by atoms with Crippen LogP contribution in [0.3, 0.4) is 0 Å². The topological polar surface area (TPSA) is 95.9 Å². The number of tetrazole rings is 1. The molecular formula is C17H17N5O2. The fourth-order valence-electron chi connectivity index (χ4n) is 2.29. The predicted octanol–water partition coefficient (Wildman–Crippen LogP) is 1.89. The van der Waals surface area contributed by atoms with E-state index in [4.69, 9.17) is 10.5 Å². The van der Waals surface area contributed by atoms with Crippen molar-refractivity contribution >= 4 is 5.91 Å². The van der Waals surface area contributed by atoms with Gasteiger partial charge in [-0.05, 0) is 30.3 Å². The van der Waals surface area contributed by atoms with Crippen molar-refractivity contribution in [2.24, 2.45) is 5.73 Å². The molecule has 0 saturated heterocycles. The number of carbonyl (C=O) groups is 1. The maximum Gasteiger partial charge on any atom is 0.248 e. The van der Waals surface area contributed by atoms with Gasteiger partial charge in [0.2, 0.25) is 11.7 Å². The molecule has 2 aromatic carbocycles. The minimum atomic E-state index is -0.467. The van der Waals surface area contributed by atoms with Crippen LogP contribution in [0, 0.1) is 0 Å². The summed E-state index contributed by atoms with van der Waals surface area (Å²) in [4.78, 5) is 12.6. The van der Waals surface area contributed by atoms with Gasteiger partial charge in [0.1, 0.15) is 5.75 Å². The van der Waals surface area contributed by atoms with E-state index in [-0.39, 0.29) is 0 Å². The Morgan fingerprint density at radius 1 is 1.17 bits per heavy atom. The van der Waals surface area contributed by atoms with Gasteiger partial charge < -0.3 is 10.5 Å². The third-order valence-corrected chi connectivity index (χ3v) is 3.46. The molecule has 1 amide bonds. The van der Waals surface area contributed by atoms with E-state index in [1.807, 2.05) is 31.2 Å². The number of benzene rings is 2. The second kappa shape index (κ2) is 6.91. The molecule has 2 N–H and O–H groups in total. The van der Waals surface area contributed by atoms with E-state index in [9.17, 15) is 4.79 Å². The molecule has 0 saturated carbocycles. The fourth-order valence-corrected chi connectivity index (χ4v) is 2.29. The van der Waals surface area contributed by atoms with Crippen molar-refractivity contribution in [1.29, 1.82) is 0 Å². The van der Waals surface area contributed by atoms with Crippen LogP contribution in [0.5, 0.6) is 5.75 Å². The first-order valence-corrected chi connectivity index (χ1v) is 7.56. The van der Waals surface area contributed by atoms with Gasteiger partial charge >= 0.3 is 0 Å². The Balaban J connectivity index is 1.80. The Hall–Kier alpha value is -3.22. The highest BCUT2D eigenvalue weighted by molar-refractivity contribution is 5.93. The van der Waals surface area contributed by atoms with Crippen molar-refractivity contribution in [3.8, 4) is 17.1 Å². The number of para-hydroxylation sites is 1. The maximum absolute atomic E-state index is 11.1. The summed E-state index contributed by atoms with van der Waals surface area (Å²) in [6.45, 7) is 3.00. The molecule has 0 atom stereocenters. The average molecular weight is 323 g/mol. The van der Waals surface area contributed by atoms with Crippen LogP contribution in [0.2, 0.25) is 0 Å². The van der Waals surface area contributed by atoms with Gasteiger partial charge in [-0.1, -0.05) is 30.3 Å². The lowest BCUT2D eigenvalue weighted by Crippen LogP contribution is -2.10. The number of carbonyl (C=O) groups excluding carboxylic acids is 1. The monoisotopic (exact) mass is 323 g/mol. The molecule has 0 aliphatic carbocycles. The van der Waals surface area contributed by atoms with Gasteiger partial charge in [-0.2, -0.15) is 4.80 Å². The Morgan fingerprint density at radius 2 is 1.92 bits per heavy atom. The summed E-state index contributed by atoms with van der Waals surface area (Å²) in [5.41, 5.74) is 7.42. The van der Waals surface area contributed by atoms with Crippen molar-refractivity contribution in [1.82, 2.24) is 20.2 Å². The largest absolute Gasteiger partial charge is 0.494 e. The Labute approximate surface area is 139 Å². The van der Waals surface area contributed by atoms with Crippen LogP contribution in [-0.2, 0) is 6.54 Å². The zero-order chi connectivity index (χ0) is 16.9. The molecule has 122 valence electrons. The first kappa shape index (κ1) is 15.7. The van der Waals surface area contributed by atoms with Crippen LogP contribution in [-0.4, -0.2) is 32.7 Å². The predicted molar refractivity (Wildman–Crippen MR) is 88.5 cm³/mol. The minimum absolute atomic E-state index is 0.441. The number of hydrogen-bond acceptors (Lipinski definition) is 5. The smallest absolute Gasteiger partial charge is 0.248 e. The summed E-state index contributed by atoms with van der Waals surface area (Å²) in [6.07, 6.45) is 0. The van der Waals surface area contributed by atoms with Gasteiger partial charge in [0, 0.05) is 16.7 Å². The van der Waals surface area contributed by atoms with Gasteiger partial charge in [0.15, 0.2) is 0 Å². The molecule has 1 aromatic heterocycles. The molecule has 24 heavy (non-hydrogen) atoms. The van der Waals surface area contributed by atoms with E-state index in [0.29, 0.717) is 24.5 Å². The normalized spacial score (nSPS) is 10.5. The highest BCUT2D eigenvalue weighted by Crippen LogP contribution is 2.19. The summed E-state index contributed by atoms with van der Waals surface area (Å²) >= 11 is 0. The van der Waals surface area contributed by atoms with Crippen molar-refractivity contribution < 1.29 is 9.53 Å². The molecule has 0 aliphatic heterocycles. The number of primary amides is 1. The number of aromatic nitrogens is 4. The lowest BCUT2D eigenvalue weighted by Gasteiger charge is -2.08. The lowest BCUT2D eigenvalue weighted by molar-refractivity contribution is 0.100. The SMILES string of the molecule is CCOc1ccccc1Cn1nnc(-c2ccc(C(N)=O)cc2)n1. The van der Waals surface area contributed by atoms with Crippen molar-refractivity contribution in [2.75, 3.05) is 6.61 Å². The summed E-state index contributed by atoms with van der Waals surface area (Å²) in [6, 6.07) is 14.5. The number of nitrogens with two attached hydrogens (primary N) is 1. The van der Waals surface area contributed by atoms with Crippen LogP contribution in [0.15, 0.2) is 48.5 Å². The van der Waals surface area contributed by atoms with Crippen molar-refractivity contribution in [3.05, 3.63) is 59.7 Å². The number of hydrogen-bond donors (Lipinski definition) is 1. The van der Waals surface area contributed by atoms with Crippen LogP contribution in [0.4, 0.5) is 0 Å². The molecule has 7 heteroatoms. The first-order valence-electron chi connectivity index (χ1n) is 7.56. The summed E-state index contributed by atoms with van der Waals surface area (Å²) < 4.78 is 5.60. The Bertz CT molecular complexity index is 842. The van der Waals surface area contributed by atoms with E-state index < -0.39 is 5.91 Å². The van der Waals surface area contributed by atoms with Gasteiger partial charge in [0.05, 0.1) is 13.2 Å². The second-order valence-electron chi connectivity index (χ2n) is 5.13. The van der Waals surface area contributed by atoms with Crippen molar-refractivity contribution in [3.63, 3.8) is 0 Å². The summed E-state index contributed by atoms with van der Waals surface area (Å²) in [5.74, 6) is 0.829. The van der Waals surface area contributed by atoms with E-state index in [1.165, 1.54) is 4.80 Å². The standard InChI is InChI=1S/C17H17N5O2/c1-2-24-15-6-4-3-5-14(15)11-22-20-17(19-21-22)13-9-7-12(8-10-13)16(18)23/h3-10H,2,11H2,1H3,(H2,18,23). The summed E-state index contributed by atoms with van der Waals surface area (Å²) in [7, 11) is 0. The Kier molecular flexibility index (Phi) is 4.51. The molecule has 0 bridgehead atoms. The van der Waals surface area contributed by atoms with Crippen molar-refractivity contribution in [2.45, 2.75) is 13.5 Å². The van der Waals surface area contributed by atoms with Crippen LogP contribution in [0.25, 0.3) is 11.4 Å². The third kappa shape index (κ3) is 3.40. The van der Waals surface area contributed by atoms with Gasteiger partial charge in [-0.15, -0.1) is 10.2 Å². The zero-order valence-corrected chi connectivity index (χ0v) is 13.2. The number of nitrogens with zero attached hydrogens (tertiary/aromatic N) is 4. The lowest BCUT2D eigenvalue weighted by atomic mass is 10.1. The van der Waals surface area contributed by atoms with Crippen LogP contribution in [0.1, 0.15) is 22.8 Å². The summed E-state index contributed by atoms with van der Waals surface area (Å²) in [5, 5.41) is 12.5. The fraction of sp³-hybridized carbons (Fsp3) is 0.176. The highest BCUT2D eigenvalue weighted by Gasteiger charge is 2.09. The Morgan fingerprint density at radius 3 is 2.62 bits per heavy atom. The molecule has 7 nitrogen and oxygen atoms in total. The van der Waals surface area contributed by atoms with E-state index in [0.717, 1.165) is 16.9 Å². The van der Waals surface area contributed by atoms with Gasteiger partial charge in [-0.3, -0.25) is 4.79 Å². The molecule has 0 unspecified atom stereocenters. The van der Waals surface area contributed by atoms with E-state index in [1.54, 1.807) is 24.3 Å². The molecule has 3 aromatic rings. The van der Waals surface area contributed by atoms with Crippen LogP contribution < -0.4 is 10.5 Å². The number of ether oxygens (including phenoxy) is 1.